The lowest BCUT2D eigenvalue weighted by Gasteiger charge is -2.08. The van der Waals surface area contributed by atoms with Crippen molar-refractivity contribution in [3.63, 3.8) is 0 Å². The standard InChI is InChI=1S/C12H11FN2O2S/c13-9-3-1-2-4-11(9)18(16,17)12-6-5-8(14)7-10(12)15/h1-7H,14-15H2. The van der Waals surface area contributed by atoms with Gasteiger partial charge in [0, 0.05) is 5.69 Å². The Morgan fingerprint density at radius 3 is 2.22 bits per heavy atom. The van der Waals surface area contributed by atoms with Gasteiger partial charge in [0.25, 0.3) is 0 Å². The first-order valence-corrected chi connectivity index (χ1v) is 6.56. The lowest BCUT2D eigenvalue weighted by Crippen LogP contribution is -2.08. The number of nitrogen functional groups attached to an aromatic ring is 2. The van der Waals surface area contributed by atoms with Crippen LogP contribution >= 0.6 is 0 Å². The van der Waals surface area contributed by atoms with E-state index in [1.807, 2.05) is 0 Å². The van der Waals surface area contributed by atoms with Gasteiger partial charge in [-0.15, -0.1) is 0 Å². The largest absolute Gasteiger partial charge is 0.399 e. The van der Waals surface area contributed by atoms with Crippen LogP contribution in [0.3, 0.4) is 0 Å². The molecule has 0 saturated heterocycles. The van der Waals surface area contributed by atoms with Gasteiger partial charge >= 0.3 is 0 Å². The monoisotopic (exact) mass is 266 g/mol. The van der Waals surface area contributed by atoms with Crippen LogP contribution < -0.4 is 11.5 Å². The number of hydrogen-bond donors (Lipinski definition) is 2. The normalized spacial score (nSPS) is 11.4. The zero-order valence-electron chi connectivity index (χ0n) is 9.30. The molecule has 0 atom stereocenters. The van der Waals surface area contributed by atoms with Crippen LogP contribution in [-0.4, -0.2) is 8.42 Å². The summed E-state index contributed by atoms with van der Waals surface area (Å²) in [5.74, 6) is -0.811. The molecule has 0 heterocycles. The summed E-state index contributed by atoms with van der Waals surface area (Å²) in [6.07, 6.45) is 0. The third-order valence-corrected chi connectivity index (χ3v) is 4.31. The van der Waals surface area contributed by atoms with Crippen LogP contribution in [0, 0.1) is 5.82 Å². The topological polar surface area (TPSA) is 86.2 Å². The third-order valence-electron chi connectivity index (χ3n) is 2.45. The Morgan fingerprint density at radius 1 is 0.944 bits per heavy atom. The summed E-state index contributed by atoms with van der Waals surface area (Å²) in [6.45, 7) is 0. The number of rotatable bonds is 2. The van der Waals surface area contributed by atoms with Gasteiger partial charge in [-0.05, 0) is 30.3 Å². The Morgan fingerprint density at radius 2 is 1.61 bits per heavy atom. The highest BCUT2D eigenvalue weighted by atomic mass is 32.2. The fraction of sp³-hybridized carbons (Fsp3) is 0. The molecule has 0 amide bonds. The first-order chi connectivity index (χ1) is 8.43. The van der Waals surface area contributed by atoms with Crippen molar-refractivity contribution >= 4 is 21.2 Å². The zero-order valence-corrected chi connectivity index (χ0v) is 10.1. The maximum atomic E-state index is 13.5. The van der Waals surface area contributed by atoms with Crippen LogP contribution in [0.4, 0.5) is 15.8 Å². The second-order valence-electron chi connectivity index (χ2n) is 3.73. The van der Waals surface area contributed by atoms with Gasteiger partial charge in [0.15, 0.2) is 0 Å². The van der Waals surface area contributed by atoms with Gasteiger partial charge in [0.1, 0.15) is 10.7 Å². The minimum absolute atomic E-state index is 0.00162. The fourth-order valence-corrected chi connectivity index (χ4v) is 3.03. The molecule has 0 unspecified atom stereocenters. The molecule has 0 fully saturated rings. The molecule has 4 N–H and O–H groups in total. The first-order valence-electron chi connectivity index (χ1n) is 5.07. The molecule has 0 aliphatic carbocycles. The fourth-order valence-electron chi connectivity index (χ4n) is 1.59. The maximum Gasteiger partial charge on any atom is 0.211 e. The van der Waals surface area contributed by atoms with Crippen LogP contribution in [0.2, 0.25) is 0 Å². The van der Waals surface area contributed by atoms with Crippen molar-refractivity contribution in [1.29, 1.82) is 0 Å². The predicted octanol–water partition coefficient (Wildman–Crippen LogP) is 1.82. The highest BCUT2D eigenvalue weighted by Crippen LogP contribution is 2.28. The molecule has 0 radical (unpaired) electrons. The second kappa shape index (κ2) is 4.30. The summed E-state index contributed by atoms with van der Waals surface area (Å²) in [5.41, 5.74) is 11.4. The van der Waals surface area contributed by atoms with E-state index >= 15 is 0 Å². The van der Waals surface area contributed by atoms with Crippen LogP contribution in [0.15, 0.2) is 52.3 Å². The molecule has 2 aromatic carbocycles. The number of hydrogen-bond acceptors (Lipinski definition) is 4. The zero-order chi connectivity index (χ0) is 13.3. The van der Waals surface area contributed by atoms with E-state index in [0.717, 1.165) is 6.07 Å². The smallest absolute Gasteiger partial charge is 0.211 e. The lowest BCUT2D eigenvalue weighted by atomic mass is 10.3. The molecule has 4 nitrogen and oxygen atoms in total. The molecular formula is C12H11FN2O2S. The highest BCUT2D eigenvalue weighted by molar-refractivity contribution is 7.91. The summed E-state index contributed by atoms with van der Waals surface area (Å²) in [5, 5.41) is 0. The molecule has 2 aromatic rings. The molecule has 18 heavy (non-hydrogen) atoms. The van der Waals surface area contributed by atoms with Crippen molar-refractivity contribution < 1.29 is 12.8 Å². The number of benzene rings is 2. The number of anilines is 2. The van der Waals surface area contributed by atoms with Gasteiger partial charge in [0.2, 0.25) is 9.84 Å². The summed E-state index contributed by atoms with van der Waals surface area (Å²) >= 11 is 0. The molecule has 0 saturated carbocycles. The van der Waals surface area contributed by atoms with Crippen molar-refractivity contribution in [2.24, 2.45) is 0 Å². The van der Waals surface area contributed by atoms with E-state index in [-0.39, 0.29) is 10.6 Å². The molecule has 0 aromatic heterocycles. The van der Waals surface area contributed by atoms with E-state index in [1.54, 1.807) is 0 Å². The van der Waals surface area contributed by atoms with E-state index in [9.17, 15) is 12.8 Å². The van der Waals surface area contributed by atoms with E-state index in [4.69, 9.17) is 11.5 Å². The van der Waals surface area contributed by atoms with Crippen molar-refractivity contribution in [2.45, 2.75) is 9.79 Å². The van der Waals surface area contributed by atoms with Gasteiger partial charge in [-0.25, -0.2) is 12.8 Å². The van der Waals surface area contributed by atoms with Gasteiger partial charge < -0.3 is 11.5 Å². The van der Waals surface area contributed by atoms with Crippen LogP contribution in [0.25, 0.3) is 0 Å². The SMILES string of the molecule is Nc1ccc(S(=O)(=O)c2ccccc2F)c(N)c1. The Kier molecular flexibility index (Phi) is 2.96. The Bertz CT molecular complexity index is 699. The molecule has 0 spiro atoms. The van der Waals surface area contributed by atoms with E-state index in [1.165, 1.54) is 36.4 Å². The average Bonchev–Trinajstić information content (AvgIpc) is 2.28. The molecular weight excluding hydrogens is 255 g/mol. The minimum atomic E-state index is -3.97. The average molecular weight is 266 g/mol. The predicted molar refractivity (Wildman–Crippen MR) is 67.1 cm³/mol. The van der Waals surface area contributed by atoms with Gasteiger partial charge in [-0.2, -0.15) is 0 Å². The van der Waals surface area contributed by atoms with Crippen molar-refractivity contribution in [3.05, 3.63) is 48.3 Å². The van der Waals surface area contributed by atoms with Gasteiger partial charge in [-0.3, -0.25) is 0 Å². The van der Waals surface area contributed by atoms with Crippen molar-refractivity contribution in [2.75, 3.05) is 11.5 Å². The third kappa shape index (κ3) is 2.02. The van der Waals surface area contributed by atoms with E-state index in [0.29, 0.717) is 5.69 Å². The van der Waals surface area contributed by atoms with Crippen molar-refractivity contribution in [1.82, 2.24) is 0 Å². The quantitative estimate of drug-likeness (QED) is 0.812. The van der Waals surface area contributed by atoms with E-state index in [2.05, 4.69) is 0 Å². The van der Waals surface area contributed by atoms with Gasteiger partial charge in [-0.1, -0.05) is 12.1 Å². The molecule has 0 aliphatic rings. The number of sulfone groups is 1. The van der Waals surface area contributed by atoms with Crippen LogP contribution in [0.1, 0.15) is 0 Å². The van der Waals surface area contributed by atoms with E-state index < -0.39 is 20.5 Å². The lowest BCUT2D eigenvalue weighted by molar-refractivity contribution is 0.567. The summed E-state index contributed by atoms with van der Waals surface area (Å²) in [6, 6.07) is 9.15. The number of halogens is 1. The summed E-state index contributed by atoms with van der Waals surface area (Å²) < 4.78 is 38.0. The van der Waals surface area contributed by atoms with Crippen molar-refractivity contribution in [3.8, 4) is 0 Å². The maximum absolute atomic E-state index is 13.5. The summed E-state index contributed by atoms with van der Waals surface area (Å²) in [7, 11) is -3.97. The molecule has 0 bridgehead atoms. The van der Waals surface area contributed by atoms with Gasteiger partial charge in [0.05, 0.1) is 10.6 Å². The first kappa shape index (κ1) is 12.4. The number of nitrogens with two attached hydrogens (primary N) is 2. The molecule has 0 aliphatic heterocycles. The summed E-state index contributed by atoms with van der Waals surface area (Å²) in [4.78, 5) is -0.553. The minimum Gasteiger partial charge on any atom is -0.399 e. The van der Waals surface area contributed by atoms with Crippen LogP contribution in [-0.2, 0) is 9.84 Å². The molecule has 2 rings (SSSR count). The Labute approximate surface area is 104 Å². The second-order valence-corrected chi connectivity index (χ2v) is 5.62. The highest BCUT2D eigenvalue weighted by Gasteiger charge is 2.23. The molecule has 94 valence electrons. The van der Waals surface area contributed by atoms with Crippen LogP contribution in [0.5, 0.6) is 0 Å². The Hall–Kier alpha value is -2.08. The molecule has 6 heteroatoms. The Balaban J connectivity index is 2.66.